The van der Waals surface area contributed by atoms with Crippen LogP contribution in [0.1, 0.15) is 33.3 Å². The Hall–Kier alpha value is -0.385. The lowest BCUT2D eigenvalue weighted by atomic mass is 9.80. The summed E-state index contributed by atoms with van der Waals surface area (Å²) in [6.07, 6.45) is 0.403. The van der Waals surface area contributed by atoms with Crippen LogP contribution < -0.4 is 0 Å². The van der Waals surface area contributed by atoms with Crippen molar-refractivity contribution in [3.63, 3.8) is 0 Å². The summed E-state index contributed by atoms with van der Waals surface area (Å²) in [5.41, 5.74) is -0.166. The molecule has 18 heavy (non-hydrogen) atoms. The van der Waals surface area contributed by atoms with Crippen LogP contribution in [0.3, 0.4) is 0 Å². The molecular formula is C13H17BBrFO2. The van der Waals surface area contributed by atoms with E-state index in [9.17, 15) is 4.39 Å². The summed E-state index contributed by atoms with van der Waals surface area (Å²) in [4.78, 5) is 0. The highest BCUT2D eigenvalue weighted by molar-refractivity contribution is 9.10. The summed E-state index contributed by atoms with van der Waals surface area (Å²) in [7, 11) is -0.414. The third kappa shape index (κ3) is 2.49. The molecule has 0 aliphatic carbocycles. The molecule has 0 unspecified atom stereocenters. The molecule has 1 heterocycles. The molecule has 0 atom stereocenters. The molecule has 1 aromatic rings. The molecular weight excluding hydrogens is 298 g/mol. The molecule has 5 heteroatoms. The maximum atomic E-state index is 13.7. The van der Waals surface area contributed by atoms with E-state index in [0.717, 1.165) is 4.47 Å². The van der Waals surface area contributed by atoms with E-state index in [1.54, 1.807) is 6.07 Å². The molecule has 0 radical (unpaired) electrons. The van der Waals surface area contributed by atoms with Gasteiger partial charge in [0, 0.05) is 16.4 Å². The van der Waals surface area contributed by atoms with E-state index in [2.05, 4.69) is 15.9 Å². The van der Waals surface area contributed by atoms with Crippen molar-refractivity contribution in [2.75, 3.05) is 0 Å². The summed E-state index contributed by atoms with van der Waals surface area (Å²) >= 11 is 3.36. The Labute approximate surface area is 116 Å². The smallest absolute Gasteiger partial charge is 0.403 e. The zero-order valence-electron chi connectivity index (χ0n) is 11.1. The molecule has 1 fully saturated rings. The molecule has 1 aliphatic rings. The lowest BCUT2D eigenvalue weighted by Gasteiger charge is -2.32. The zero-order valence-corrected chi connectivity index (χ0v) is 12.7. The predicted octanol–water partition coefficient (Wildman–Crippen LogP) is 3.76. The Kier molecular flexibility index (Phi) is 3.60. The number of halogens is 2. The average Bonchev–Trinajstić information content (AvgIpc) is 2.42. The van der Waals surface area contributed by atoms with E-state index in [4.69, 9.17) is 9.31 Å². The second-order valence-corrected chi connectivity index (χ2v) is 6.44. The summed E-state index contributed by atoms with van der Waals surface area (Å²) in [6.45, 7) is 7.96. The molecule has 1 saturated heterocycles. The van der Waals surface area contributed by atoms with Crippen LogP contribution in [0.25, 0.3) is 0 Å². The minimum atomic E-state index is -0.414. The Bertz CT molecular complexity index is 426. The second-order valence-electron chi connectivity index (χ2n) is 5.59. The molecule has 0 bridgehead atoms. The van der Waals surface area contributed by atoms with E-state index < -0.39 is 7.12 Å². The van der Waals surface area contributed by atoms with Gasteiger partial charge in [-0.1, -0.05) is 22.0 Å². The Morgan fingerprint density at radius 2 is 1.72 bits per heavy atom. The predicted molar refractivity (Wildman–Crippen MR) is 73.9 cm³/mol. The third-order valence-corrected chi connectivity index (χ3v) is 4.48. The van der Waals surface area contributed by atoms with Crippen molar-refractivity contribution < 1.29 is 13.7 Å². The fourth-order valence-corrected chi connectivity index (χ4v) is 2.45. The van der Waals surface area contributed by atoms with Crippen molar-refractivity contribution in [1.82, 2.24) is 0 Å². The fourth-order valence-electron chi connectivity index (χ4n) is 1.94. The van der Waals surface area contributed by atoms with E-state index in [0.29, 0.717) is 11.9 Å². The molecule has 1 aromatic carbocycles. The second kappa shape index (κ2) is 4.62. The first-order valence-corrected chi connectivity index (χ1v) is 6.81. The first-order chi connectivity index (χ1) is 8.23. The van der Waals surface area contributed by atoms with Crippen molar-refractivity contribution in [3.05, 3.63) is 34.1 Å². The molecule has 0 aromatic heterocycles. The molecule has 98 valence electrons. The fraction of sp³-hybridized carbons (Fsp3) is 0.538. The minimum Gasteiger partial charge on any atom is -0.403 e. The molecule has 0 saturated carbocycles. The van der Waals surface area contributed by atoms with Crippen LogP contribution in [0, 0.1) is 5.82 Å². The molecule has 0 amide bonds. The molecule has 2 rings (SSSR count). The highest BCUT2D eigenvalue weighted by atomic mass is 79.9. The largest absolute Gasteiger partial charge is 0.462 e. The Balaban J connectivity index is 2.18. The van der Waals surface area contributed by atoms with Gasteiger partial charge in [0.1, 0.15) is 5.82 Å². The number of hydrogen-bond acceptors (Lipinski definition) is 2. The van der Waals surface area contributed by atoms with Gasteiger partial charge >= 0.3 is 7.12 Å². The summed E-state index contributed by atoms with van der Waals surface area (Å²) < 4.78 is 26.2. The highest BCUT2D eigenvalue weighted by Gasteiger charge is 2.51. The summed E-state index contributed by atoms with van der Waals surface area (Å²) in [6, 6.07) is 4.95. The van der Waals surface area contributed by atoms with Gasteiger partial charge in [0.25, 0.3) is 0 Å². The van der Waals surface area contributed by atoms with Gasteiger partial charge in [-0.15, -0.1) is 0 Å². The first kappa shape index (κ1) is 14.0. The number of hydrogen-bond donors (Lipinski definition) is 0. The number of rotatable bonds is 2. The average molecular weight is 315 g/mol. The summed E-state index contributed by atoms with van der Waals surface area (Å²) in [5.74, 6) is -0.237. The lowest BCUT2D eigenvalue weighted by molar-refractivity contribution is 0.00578. The Morgan fingerprint density at radius 3 is 2.22 bits per heavy atom. The van der Waals surface area contributed by atoms with E-state index in [1.807, 2.05) is 33.8 Å². The van der Waals surface area contributed by atoms with E-state index in [1.165, 1.54) is 6.07 Å². The SMILES string of the molecule is CC1(C)OB(Cc2c(F)cccc2Br)OC1(C)C. The summed E-state index contributed by atoms with van der Waals surface area (Å²) in [5, 5.41) is 0. The van der Waals surface area contributed by atoms with Crippen LogP contribution in [0.2, 0.25) is 0 Å². The van der Waals surface area contributed by atoms with Gasteiger partial charge in [-0.2, -0.15) is 0 Å². The highest BCUT2D eigenvalue weighted by Crippen LogP contribution is 2.38. The number of benzene rings is 1. The van der Waals surface area contributed by atoms with Crippen LogP contribution >= 0.6 is 15.9 Å². The topological polar surface area (TPSA) is 18.5 Å². The van der Waals surface area contributed by atoms with E-state index in [-0.39, 0.29) is 17.0 Å². The quantitative estimate of drug-likeness (QED) is 0.774. The standard InChI is InChI=1S/C13H17BBrFO2/c1-12(2)13(3,4)18-14(17-12)8-9-10(15)6-5-7-11(9)16/h5-7H,8H2,1-4H3. The Morgan fingerprint density at radius 1 is 1.17 bits per heavy atom. The lowest BCUT2D eigenvalue weighted by Crippen LogP contribution is -2.41. The van der Waals surface area contributed by atoms with Crippen molar-refractivity contribution in [3.8, 4) is 0 Å². The zero-order chi connectivity index (χ0) is 13.6. The van der Waals surface area contributed by atoms with Gasteiger partial charge in [0.2, 0.25) is 0 Å². The van der Waals surface area contributed by atoms with Crippen molar-refractivity contribution in [2.24, 2.45) is 0 Å². The molecule has 2 nitrogen and oxygen atoms in total. The third-order valence-electron chi connectivity index (χ3n) is 3.73. The molecule has 0 N–H and O–H groups in total. The van der Waals surface area contributed by atoms with Crippen LogP contribution in [-0.4, -0.2) is 18.3 Å². The van der Waals surface area contributed by atoms with Crippen LogP contribution in [-0.2, 0) is 15.6 Å². The monoisotopic (exact) mass is 314 g/mol. The normalized spacial score (nSPS) is 21.3. The van der Waals surface area contributed by atoms with Crippen LogP contribution in [0.5, 0.6) is 0 Å². The van der Waals surface area contributed by atoms with Crippen molar-refractivity contribution >= 4 is 23.0 Å². The minimum absolute atomic E-state index is 0.237. The molecule has 0 spiro atoms. The van der Waals surface area contributed by atoms with Gasteiger partial charge in [-0.05, 0) is 39.8 Å². The van der Waals surface area contributed by atoms with Crippen LogP contribution in [0.4, 0.5) is 4.39 Å². The van der Waals surface area contributed by atoms with Crippen molar-refractivity contribution in [2.45, 2.75) is 45.2 Å². The van der Waals surface area contributed by atoms with Gasteiger partial charge in [-0.25, -0.2) is 4.39 Å². The van der Waals surface area contributed by atoms with Gasteiger partial charge in [-0.3, -0.25) is 0 Å². The maximum absolute atomic E-state index is 13.7. The van der Waals surface area contributed by atoms with E-state index >= 15 is 0 Å². The first-order valence-electron chi connectivity index (χ1n) is 6.01. The maximum Gasteiger partial charge on any atom is 0.462 e. The van der Waals surface area contributed by atoms with Gasteiger partial charge < -0.3 is 9.31 Å². The van der Waals surface area contributed by atoms with Gasteiger partial charge in [0.05, 0.1) is 11.2 Å². The molecule has 1 aliphatic heterocycles. The van der Waals surface area contributed by atoms with Gasteiger partial charge in [0.15, 0.2) is 0 Å². The van der Waals surface area contributed by atoms with Crippen molar-refractivity contribution in [1.29, 1.82) is 0 Å². The van der Waals surface area contributed by atoms with Crippen LogP contribution in [0.15, 0.2) is 22.7 Å².